The lowest BCUT2D eigenvalue weighted by Crippen LogP contribution is -2.45. The second-order valence-corrected chi connectivity index (χ2v) is 7.02. The van der Waals surface area contributed by atoms with Crippen molar-refractivity contribution in [3.63, 3.8) is 0 Å². The van der Waals surface area contributed by atoms with Gasteiger partial charge in [-0.15, -0.1) is 10.2 Å². The molecule has 27 heavy (non-hydrogen) atoms. The van der Waals surface area contributed by atoms with Gasteiger partial charge in [0, 0.05) is 42.7 Å². The number of carbonyl (C=O) groups excluding carboxylic acids is 1. The highest BCUT2D eigenvalue weighted by molar-refractivity contribution is 5.78. The van der Waals surface area contributed by atoms with Crippen molar-refractivity contribution in [1.29, 1.82) is 0 Å². The van der Waals surface area contributed by atoms with E-state index in [-0.39, 0.29) is 23.6 Å². The van der Waals surface area contributed by atoms with Crippen LogP contribution in [0.4, 0.5) is 5.69 Å². The molecule has 0 spiro atoms. The third-order valence-electron chi connectivity index (χ3n) is 4.61. The predicted molar refractivity (Wildman–Crippen MR) is 97.7 cm³/mol. The van der Waals surface area contributed by atoms with Gasteiger partial charge in [0.25, 0.3) is 5.69 Å². The zero-order valence-corrected chi connectivity index (χ0v) is 15.4. The Labute approximate surface area is 156 Å². The number of hydrogen-bond donors (Lipinski definition) is 1. The molecule has 144 valence electrons. The average molecular weight is 373 g/mol. The number of aromatic nitrogens is 2. The molecule has 9 nitrogen and oxygen atoms in total. The molecule has 2 aromatic rings. The van der Waals surface area contributed by atoms with E-state index in [4.69, 9.17) is 4.42 Å². The van der Waals surface area contributed by atoms with Crippen molar-refractivity contribution in [2.75, 3.05) is 13.1 Å². The van der Waals surface area contributed by atoms with Gasteiger partial charge in [-0.25, -0.2) is 0 Å². The van der Waals surface area contributed by atoms with Crippen molar-refractivity contribution in [2.24, 2.45) is 5.92 Å². The summed E-state index contributed by atoms with van der Waals surface area (Å²) in [6.45, 7) is 6.02. The molecular formula is C18H23N5O4. The Bertz CT molecular complexity index is 794. The minimum Gasteiger partial charge on any atom is -0.419 e. The number of rotatable bonds is 6. The monoisotopic (exact) mass is 373 g/mol. The third kappa shape index (κ3) is 4.88. The number of nitrogens with zero attached hydrogens (tertiary/aromatic N) is 4. The van der Waals surface area contributed by atoms with Gasteiger partial charge in [0.2, 0.25) is 17.7 Å². The molecule has 0 aliphatic carbocycles. The van der Waals surface area contributed by atoms with Crippen LogP contribution in [0.1, 0.15) is 32.6 Å². The van der Waals surface area contributed by atoms with Crippen LogP contribution in [0.15, 0.2) is 28.7 Å². The van der Waals surface area contributed by atoms with Gasteiger partial charge in [-0.1, -0.05) is 13.8 Å². The fraction of sp³-hybridized carbons (Fsp3) is 0.500. The van der Waals surface area contributed by atoms with E-state index in [2.05, 4.69) is 20.4 Å². The van der Waals surface area contributed by atoms with Crippen molar-refractivity contribution >= 4 is 11.6 Å². The van der Waals surface area contributed by atoms with E-state index in [1.165, 1.54) is 12.1 Å². The number of piperidine rings is 1. The summed E-state index contributed by atoms with van der Waals surface area (Å²) in [4.78, 5) is 24.3. The normalized spacial score (nSPS) is 15.8. The van der Waals surface area contributed by atoms with Crippen LogP contribution >= 0.6 is 0 Å². The third-order valence-corrected chi connectivity index (χ3v) is 4.61. The van der Waals surface area contributed by atoms with E-state index in [1.807, 2.05) is 13.8 Å². The van der Waals surface area contributed by atoms with Crippen LogP contribution < -0.4 is 5.32 Å². The summed E-state index contributed by atoms with van der Waals surface area (Å²) in [6, 6.07) is 6.23. The standard InChI is InChI=1S/C18H23N5O4/c1-12(2)17(24)19-14-7-9-22(10-8-14)11-16-20-21-18(27-16)13-3-5-15(6-4-13)23(25)26/h3-6,12,14H,7-11H2,1-2H3,(H,19,24). The number of hydrogen-bond acceptors (Lipinski definition) is 7. The molecule has 1 fully saturated rings. The van der Waals surface area contributed by atoms with Crippen LogP contribution in [0.3, 0.4) is 0 Å². The highest BCUT2D eigenvalue weighted by Gasteiger charge is 2.23. The van der Waals surface area contributed by atoms with Crippen LogP contribution in [0.5, 0.6) is 0 Å². The number of non-ortho nitro benzene ring substituents is 1. The fourth-order valence-electron chi connectivity index (χ4n) is 2.95. The van der Waals surface area contributed by atoms with E-state index in [9.17, 15) is 14.9 Å². The minimum absolute atomic E-state index is 0.000681. The van der Waals surface area contributed by atoms with Crippen molar-refractivity contribution in [3.8, 4) is 11.5 Å². The number of benzene rings is 1. The van der Waals surface area contributed by atoms with Crippen LogP contribution in [0.25, 0.3) is 11.5 Å². The van der Waals surface area contributed by atoms with Gasteiger partial charge in [0.1, 0.15) is 0 Å². The summed E-state index contributed by atoms with van der Waals surface area (Å²) >= 11 is 0. The summed E-state index contributed by atoms with van der Waals surface area (Å²) in [6.07, 6.45) is 1.78. The molecule has 1 aromatic heterocycles. The number of likely N-dealkylation sites (tertiary alicyclic amines) is 1. The van der Waals surface area contributed by atoms with E-state index >= 15 is 0 Å². The molecule has 9 heteroatoms. The Morgan fingerprint density at radius 2 is 1.96 bits per heavy atom. The van der Waals surface area contributed by atoms with Crippen molar-refractivity contribution in [3.05, 3.63) is 40.3 Å². The Kier molecular flexibility index (Phi) is 5.80. The Hall–Kier alpha value is -2.81. The summed E-state index contributed by atoms with van der Waals surface area (Å²) in [5.74, 6) is 0.948. The first-order valence-electron chi connectivity index (χ1n) is 9.02. The predicted octanol–water partition coefficient (Wildman–Crippen LogP) is 2.38. The van der Waals surface area contributed by atoms with E-state index in [1.54, 1.807) is 12.1 Å². The quantitative estimate of drug-likeness (QED) is 0.610. The van der Waals surface area contributed by atoms with Crippen molar-refractivity contribution in [2.45, 2.75) is 39.3 Å². The molecule has 0 bridgehead atoms. The second-order valence-electron chi connectivity index (χ2n) is 7.02. The van der Waals surface area contributed by atoms with Gasteiger partial charge in [-0.05, 0) is 25.0 Å². The van der Waals surface area contributed by atoms with Gasteiger partial charge in [-0.2, -0.15) is 0 Å². The van der Waals surface area contributed by atoms with Crippen LogP contribution in [0.2, 0.25) is 0 Å². The van der Waals surface area contributed by atoms with Crippen molar-refractivity contribution < 1.29 is 14.1 Å². The van der Waals surface area contributed by atoms with Crippen LogP contribution in [-0.4, -0.2) is 45.1 Å². The van der Waals surface area contributed by atoms with Gasteiger partial charge in [0.05, 0.1) is 11.5 Å². The maximum absolute atomic E-state index is 11.8. The largest absolute Gasteiger partial charge is 0.419 e. The van der Waals surface area contributed by atoms with Crippen LogP contribution in [-0.2, 0) is 11.3 Å². The van der Waals surface area contributed by atoms with Gasteiger partial charge < -0.3 is 9.73 Å². The molecule has 1 saturated heterocycles. The zero-order chi connectivity index (χ0) is 19.4. The number of nitro benzene ring substituents is 1. The fourth-order valence-corrected chi connectivity index (χ4v) is 2.95. The molecule has 0 saturated carbocycles. The number of nitrogens with one attached hydrogen (secondary N) is 1. The number of amides is 1. The van der Waals surface area contributed by atoms with Crippen molar-refractivity contribution in [1.82, 2.24) is 20.4 Å². The first-order valence-corrected chi connectivity index (χ1v) is 9.02. The second kappa shape index (κ2) is 8.26. The summed E-state index contributed by atoms with van der Waals surface area (Å²) < 4.78 is 5.69. The Morgan fingerprint density at radius 3 is 2.56 bits per heavy atom. The Morgan fingerprint density at radius 1 is 1.30 bits per heavy atom. The zero-order valence-electron chi connectivity index (χ0n) is 15.4. The highest BCUT2D eigenvalue weighted by Crippen LogP contribution is 2.22. The maximum atomic E-state index is 11.8. The molecule has 2 heterocycles. The molecule has 1 aromatic carbocycles. The summed E-state index contributed by atoms with van der Waals surface area (Å²) in [5.41, 5.74) is 0.667. The smallest absolute Gasteiger partial charge is 0.269 e. The van der Waals surface area contributed by atoms with Gasteiger partial charge in [-0.3, -0.25) is 19.8 Å². The highest BCUT2D eigenvalue weighted by atomic mass is 16.6. The van der Waals surface area contributed by atoms with E-state index in [0.29, 0.717) is 23.9 Å². The molecular weight excluding hydrogens is 350 g/mol. The minimum atomic E-state index is -0.448. The lowest BCUT2D eigenvalue weighted by Gasteiger charge is -2.31. The van der Waals surface area contributed by atoms with Gasteiger partial charge >= 0.3 is 0 Å². The van der Waals surface area contributed by atoms with Crippen LogP contribution in [0, 0.1) is 16.0 Å². The molecule has 0 radical (unpaired) electrons. The summed E-state index contributed by atoms with van der Waals surface area (Å²) in [7, 11) is 0. The first-order chi connectivity index (χ1) is 12.9. The average Bonchev–Trinajstić information content (AvgIpc) is 3.12. The molecule has 1 aliphatic heterocycles. The molecule has 0 atom stereocenters. The molecule has 3 rings (SSSR count). The molecule has 1 N–H and O–H groups in total. The topological polar surface area (TPSA) is 114 Å². The molecule has 1 aliphatic rings. The number of nitro groups is 1. The Balaban J connectivity index is 1.53. The lowest BCUT2D eigenvalue weighted by molar-refractivity contribution is -0.384. The molecule has 0 unspecified atom stereocenters. The molecule has 1 amide bonds. The first kappa shape index (κ1) is 19.0. The van der Waals surface area contributed by atoms with Gasteiger partial charge in [0.15, 0.2) is 0 Å². The summed E-state index contributed by atoms with van der Waals surface area (Å²) in [5, 5.41) is 21.9. The number of carbonyl (C=O) groups is 1. The lowest BCUT2D eigenvalue weighted by atomic mass is 10.0. The van der Waals surface area contributed by atoms with E-state index < -0.39 is 4.92 Å². The SMILES string of the molecule is CC(C)C(=O)NC1CCN(Cc2nnc(-c3ccc([N+](=O)[O-])cc3)o2)CC1. The maximum Gasteiger partial charge on any atom is 0.269 e. The van der Waals surface area contributed by atoms with E-state index in [0.717, 1.165) is 25.9 Å².